The van der Waals surface area contributed by atoms with Crippen LogP contribution in [0.5, 0.6) is 0 Å². The van der Waals surface area contributed by atoms with Crippen molar-refractivity contribution in [2.45, 2.75) is 70.1 Å². The van der Waals surface area contributed by atoms with E-state index >= 15 is 0 Å². The van der Waals surface area contributed by atoms with Gasteiger partial charge in [0.25, 0.3) is 0 Å². The molecule has 0 saturated carbocycles. The Morgan fingerprint density at radius 1 is 1.17 bits per heavy atom. The van der Waals surface area contributed by atoms with E-state index in [1.54, 1.807) is 6.04 Å². The molecule has 0 aromatic carbocycles. The lowest BCUT2D eigenvalue weighted by atomic mass is 10.0. The Balaban J connectivity index is 2.85. The molecule has 1 heteroatoms. The first kappa shape index (κ1) is 10.3. The van der Waals surface area contributed by atoms with Crippen molar-refractivity contribution in [3.63, 3.8) is 0 Å². The Morgan fingerprint density at radius 2 is 1.75 bits per heavy atom. The van der Waals surface area contributed by atoms with Gasteiger partial charge in [-0.1, -0.05) is 65.1 Å². The summed E-state index contributed by atoms with van der Waals surface area (Å²) < 4.78 is 0. The second-order valence-corrected chi connectivity index (χ2v) is 10.4. The molecule has 0 amide bonds. The van der Waals surface area contributed by atoms with E-state index in [-0.39, 0.29) is 0 Å². The van der Waals surface area contributed by atoms with Crippen LogP contribution in [0.1, 0.15) is 47.0 Å². The zero-order chi connectivity index (χ0) is 9.24. The van der Waals surface area contributed by atoms with Crippen molar-refractivity contribution in [1.82, 2.24) is 0 Å². The van der Waals surface area contributed by atoms with Crippen molar-refractivity contribution >= 4 is 8.07 Å². The lowest BCUT2D eigenvalue weighted by molar-refractivity contribution is 0.545. The molecule has 0 spiro atoms. The van der Waals surface area contributed by atoms with Gasteiger partial charge in [-0.15, -0.1) is 0 Å². The second kappa shape index (κ2) is 3.53. The Labute approximate surface area is 78.8 Å². The van der Waals surface area contributed by atoms with E-state index in [9.17, 15) is 0 Å². The minimum Gasteiger partial charge on any atom is -0.0678 e. The summed E-state index contributed by atoms with van der Waals surface area (Å²) in [7, 11) is -0.834. The summed E-state index contributed by atoms with van der Waals surface area (Å²) in [6.45, 7) is 9.85. The summed E-state index contributed by atoms with van der Waals surface area (Å²) in [5, 5.41) is 0.788. The fraction of sp³-hybridized carbons (Fsp3) is 1.00. The molecular weight excluding hydrogens is 160 g/mol. The summed E-state index contributed by atoms with van der Waals surface area (Å²) in [5.74, 6) is 0. The predicted octanol–water partition coefficient (Wildman–Crippen LogP) is 4.44. The first-order chi connectivity index (χ1) is 5.64. The van der Waals surface area contributed by atoms with E-state index < -0.39 is 8.07 Å². The molecule has 1 aliphatic heterocycles. The van der Waals surface area contributed by atoms with E-state index in [1.807, 2.05) is 0 Å². The molecule has 1 unspecified atom stereocenters. The van der Waals surface area contributed by atoms with Gasteiger partial charge in [-0.3, -0.25) is 0 Å². The molecule has 1 rings (SSSR count). The van der Waals surface area contributed by atoms with Crippen molar-refractivity contribution < 1.29 is 0 Å². The summed E-state index contributed by atoms with van der Waals surface area (Å²) in [6.07, 6.45) is 4.48. The van der Waals surface area contributed by atoms with Gasteiger partial charge in [0.15, 0.2) is 0 Å². The second-order valence-electron chi connectivity index (χ2n) is 4.76. The van der Waals surface area contributed by atoms with Crippen LogP contribution in [0.4, 0.5) is 0 Å². The Hall–Kier alpha value is 0.217. The molecule has 0 radical (unpaired) electrons. The number of rotatable bonds is 3. The molecule has 0 nitrogen and oxygen atoms in total. The minimum absolute atomic E-state index is 0.788. The first-order valence-electron chi connectivity index (χ1n) is 5.64. The average molecular weight is 184 g/mol. The molecule has 1 heterocycles. The fourth-order valence-electron chi connectivity index (χ4n) is 3.39. The average Bonchev–Trinajstić information content (AvgIpc) is 2.44. The Bertz CT molecular complexity index is 149. The van der Waals surface area contributed by atoms with E-state index in [4.69, 9.17) is 0 Å². The van der Waals surface area contributed by atoms with E-state index in [2.05, 4.69) is 27.7 Å². The minimum atomic E-state index is -0.834. The molecule has 12 heavy (non-hydrogen) atoms. The molecule has 0 N–H and O–H groups in total. The first-order valence-corrected chi connectivity index (χ1v) is 8.26. The van der Waals surface area contributed by atoms with Gasteiger partial charge in [0.2, 0.25) is 0 Å². The maximum Gasteiger partial charge on any atom is 0.0589 e. The Kier molecular flexibility index (Phi) is 3.03. The zero-order valence-electron chi connectivity index (χ0n) is 9.24. The largest absolute Gasteiger partial charge is 0.0678 e. The quantitative estimate of drug-likeness (QED) is 0.569. The van der Waals surface area contributed by atoms with Crippen molar-refractivity contribution in [3.05, 3.63) is 0 Å². The molecule has 1 fully saturated rings. The summed E-state index contributed by atoms with van der Waals surface area (Å²) in [5.41, 5.74) is 0. The van der Waals surface area contributed by atoms with Gasteiger partial charge in [-0.05, 0) is 5.04 Å². The van der Waals surface area contributed by atoms with Crippen molar-refractivity contribution in [1.29, 1.82) is 0 Å². The van der Waals surface area contributed by atoms with E-state index in [1.165, 1.54) is 31.4 Å². The lowest BCUT2D eigenvalue weighted by Gasteiger charge is -2.41. The number of hydrogen-bond acceptors (Lipinski definition) is 0. The standard InChI is InChI=1S/C11H24Si/c1-5-11(4)9-8-10-12(11,6-2)7-3/h5-10H2,1-4H3. The van der Waals surface area contributed by atoms with Crippen molar-refractivity contribution in [2.24, 2.45) is 0 Å². The highest BCUT2D eigenvalue weighted by molar-refractivity contribution is 6.83. The molecule has 1 atom stereocenters. The van der Waals surface area contributed by atoms with Crippen LogP contribution in [-0.2, 0) is 0 Å². The van der Waals surface area contributed by atoms with Crippen LogP contribution in [0.2, 0.25) is 23.2 Å². The molecule has 0 aliphatic carbocycles. The molecule has 0 aromatic rings. The van der Waals surface area contributed by atoms with Crippen LogP contribution < -0.4 is 0 Å². The highest BCUT2D eigenvalue weighted by atomic mass is 28.3. The maximum absolute atomic E-state index is 2.57. The van der Waals surface area contributed by atoms with E-state index in [0.29, 0.717) is 0 Å². The van der Waals surface area contributed by atoms with Crippen LogP contribution in [0.15, 0.2) is 0 Å². The predicted molar refractivity (Wildman–Crippen MR) is 59.4 cm³/mol. The smallest absolute Gasteiger partial charge is 0.0589 e. The van der Waals surface area contributed by atoms with Gasteiger partial charge in [0.1, 0.15) is 0 Å². The van der Waals surface area contributed by atoms with Crippen LogP contribution in [0.3, 0.4) is 0 Å². The number of hydrogen-bond donors (Lipinski definition) is 0. The molecular formula is C11H24Si. The van der Waals surface area contributed by atoms with Gasteiger partial charge in [0.05, 0.1) is 8.07 Å². The van der Waals surface area contributed by atoms with Crippen LogP contribution in [0.25, 0.3) is 0 Å². The maximum atomic E-state index is 2.57. The third kappa shape index (κ3) is 1.26. The van der Waals surface area contributed by atoms with Gasteiger partial charge in [-0.25, -0.2) is 0 Å². The normalized spacial score (nSPS) is 34.0. The van der Waals surface area contributed by atoms with Gasteiger partial charge >= 0.3 is 0 Å². The lowest BCUT2D eigenvalue weighted by Crippen LogP contribution is -2.40. The molecule has 0 aromatic heterocycles. The third-order valence-electron chi connectivity index (χ3n) is 4.80. The highest BCUT2D eigenvalue weighted by Crippen LogP contribution is 2.57. The highest BCUT2D eigenvalue weighted by Gasteiger charge is 2.49. The van der Waals surface area contributed by atoms with Crippen LogP contribution >= 0.6 is 0 Å². The molecule has 1 aliphatic rings. The Morgan fingerprint density at radius 3 is 2.08 bits per heavy atom. The van der Waals surface area contributed by atoms with Crippen LogP contribution in [0, 0.1) is 0 Å². The molecule has 0 bridgehead atoms. The summed E-state index contributed by atoms with van der Waals surface area (Å²) in [4.78, 5) is 0. The van der Waals surface area contributed by atoms with Gasteiger partial charge in [0, 0.05) is 0 Å². The summed E-state index contributed by atoms with van der Waals surface area (Å²) in [6, 6.07) is 4.66. The zero-order valence-corrected chi connectivity index (χ0v) is 10.2. The van der Waals surface area contributed by atoms with Gasteiger partial charge in [-0.2, -0.15) is 0 Å². The molecule has 72 valence electrons. The summed E-state index contributed by atoms with van der Waals surface area (Å²) >= 11 is 0. The van der Waals surface area contributed by atoms with Crippen LogP contribution in [-0.4, -0.2) is 8.07 Å². The topological polar surface area (TPSA) is 0 Å². The van der Waals surface area contributed by atoms with Crippen molar-refractivity contribution in [2.75, 3.05) is 0 Å². The monoisotopic (exact) mass is 184 g/mol. The van der Waals surface area contributed by atoms with Gasteiger partial charge < -0.3 is 0 Å². The van der Waals surface area contributed by atoms with E-state index in [0.717, 1.165) is 5.04 Å². The van der Waals surface area contributed by atoms with Crippen molar-refractivity contribution in [3.8, 4) is 0 Å². The third-order valence-corrected chi connectivity index (χ3v) is 12.0. The molecule has 1 saturated heterocycles. The SMILES string of the molecule is CCC1(C)CCC[Si]1(CC)CC. The fourth-order valence-corrected chi connectivity index (χ4v) is 9.22.